The van der Waals surface area contributed by atoms with Crippen molar-refractivity contribution < 1.29 is 9.53 Å². The Morgan fingerprint density at radius 1 is 1.55 bits per heavy atom. The molecule has 0 aliphatic carbocycles. The summed E-state index contributed by atoms with van der Waals surface area (Å²) in [7, 11) is 0. The van der Waals surface area contributed by atoms with Crippen LogP contribution in [0.2, 0.25) is 5.02 Å². The van der Waals surface area contributed by atoms with Gasteiger partial charge in [-0.25, -0.2) is 9.78 Å². The van der Waals surface area contributed by atoms with E-state index in [1.165, 1.54) is 6.20 Å². The average molecular weight is 296 g/mol. The number of nitrogens with one attached hydrogen (secondary N) is 1. The minimum atomic E-state index is -0.501. The van der Waals surface area contributed by atoms with E-state index in [4.69, 9.17) is 22.1 Å². The molecule has 3 N–H and O–H groups in total. The minimum Gasteiger partial charge on any atom is -0.444 e. The zero-order valence-corrected chi connectivity index (χ0v) is 12.5. The van der Waals surface area contributed by atoms with Gasteiger partial charge in [-0.05, 0) is 20.8 Å². The lowest BCUT2D eigenvalue weighted by atomic mass is 10.2. The first-order valence-corrected chi connectivity index (χ1v) is 6.52. The van der Waals surface area contributed by atoms with Crippen molar-refractivity contribution in [3.8, 4) is 11.8 Å². The van der Waals surface area contributed by atoms with E-state index in [1.807, 2.05) is 20.8 Å². The molecule has 1 rings (SSSR count). The Labute approximate surface area is 123 Å². The summed E-state index contributed by atoms with van der Waals surface area (Å²) in [5.41, 5.74) is 5.59. The van der Waals surface area contributed by atoms with Crippen molar-refractivity contribution in [3.63, 3.8) is 0 Å². The molecule has 0 unspecified atom stereocenters. The largest absolute Gasteiger partial charge is 0.444 e. The number of halogens is 1. The number of carbonyl (C=O) groups is 1. The van der Waals surface area contributed by atoms with E-state index in [1.54, 1.807) is 6.07 Å². The van der Waals surface area contributed by atoms with Gasteiger partial charge in [0.2, 0.25) is 0 Å². The minimum absolute atomic E-state index is 0.354. The maximum Gasteiger partial charge on any atom is 0.407 e. The average Bonchev–Trinajstić information content (AvgIpc) is 2.28. The van der Waals surface area contributed by atoms with Crippen LogP contribution in [0.3, 0.4) is 0 Å². The second kappa shape index (κ2) is 7.01. The molecule has 0 atom stereocenters. The van der Waals surface area contributed by atoms with Crippen molar-refractivity contribution in [1.29, 1.82) is 0 Å². The molecule has 0 spiro atoms. The first-order chi connectivity index (χ1) is 9.28. The molecular weight excluding hydrogens is 278 g/mol. The number of nitrogens with zero attached hydrogens (tertiary/aromatic N) is 1. The quantitative estimate of drug-likeness (QED) is 0.649. The molecule has 1 aromatic heterocycles. The summed E-state index contributed by atoms with van der Waals surface area (Å²) in [6.45, 7) is 5.83. The van der Waals surface area contributed by atoms with Crippen LogP contribution < -0.4 is 11.1 Å². The fraction of sp³-hybridized carbons (Fsp3) is 0.429. The van der Waals surface area contributed by atoms with E-state index in [-0.39, 0.29) is 0 Å². The van der Waals surface area contributed by atoms with Crippen LogP contribution in [0.15, 0.2) is 12.3 Å². The normalized spacial score (nSPS) is 10.4. The van der Waals surface area contributed by atoms with Crippen molar-refractivity contribution in [1.82, 2.24) is 10.3 Å². The van der Waals surface area contributed by atoms with Crippen molar-refractivity contribution in [2.75, 3.05) is 12.3 Å². The summed E-state index contributed by atoms with van der Waals surface area (Å²) < 4.78 is 5.09. The molecule has 1 heterocycles. The van der Waals surface area contributed by atoms with Gasteiger partial charge in [-0.2, -0.15) is 0 Å². The third kappa shape index (κ3) is 6.30. The highest BCUT2D eigenvalue weighted by Crippen LogP contribution is 2.15. The fourth-order valence-electron chi connectivity index (χ4n) is 1.24. The monoisotopic (exact) mass is 295 g/mol. The third-order valence-electron chi connectivity index (χ3n) is 2.02. The van der Waals surface area contributed by atoms with Crippen molar-refractivity contribution in [2.45, 2.75) is 32.8 Å². The van der Waals surface area contributed by atoms with Gasteiger partial charge >= 0.3 is 6.09 Å². The van der Waals surface area contributed by atoms with E-state index in [9.17, 15) is 4.79 Å². The molecule has 0 aromatic carbocycles. The smallest absolute Gasteiger partial charge is 0.407 e. The van der Waals surface area contributed by atoms with Crippen LogP contribution in [-0.2, 0) is 4.74 Å². The van der Waals surface area contributed by atoms with Crippen molar-refractivity contribution >= 4 is 23.5 Å². The van der Waals surface area contributed by atoms with Gasteiger partial charge in [0.1, 0.15) is 11.4 Å². The number of aromatic nitrogens is 1. The van der Waals surface area contributed by atoms with Gasteiger partial charge in [0, 0.05) is 25.2 Å². The topological polar surface area (TPSA) is 77.2 Å². The molecule has 0 radical (unpaired) electrons. The predicted octanol–water partition coefficient (Wildman–Crippen LogP) is 2.58. The number of nitrogens with two attached hydrogens (primary N) is 1. The van der Waals surface area contributed by atoms with Crippen LogP contribution in [0, 0.1) is 11.8 Å². The second-order valence-corrected chi connectivity index (χ2v) is 5.48. The van der Waals surface area contributed by atoms with E-state index in [0.29, 0.717) is 29.4 Å². The zero-order chi connectivity index (χ0) is 15.2. The van der Waals surface area contributed by atoms with Gasteiger partial charge in [-0.3, -0.25) is 0 Å². The maximum atomic E-state index is 11.4. The molecule has 0 saturated heterocycles. The Bertz CT molecular complexity index is 542. The van der Waals surface area contributed by atoms with Gasteiger partial charge in [0.05, 0.1) is 10.6 Å². The molecular formula is C14H18ClN3O2. The van der Waals surface area contributed by atoms with Gasteiger partial charge in [-0.15, -0.1) is 0 Å². The summed E-state index contributed by atoms with van der Waals surface area (Å²) in [5, 5.41) is 3.08. The van der Waals surface area contributed by atoms with Crippen LogP contribution in [-0.4, -0.2) is 23.2 Å². The number of rotatable bonds is 2. The highest BCUT2D eigenvalue weighted by molar-refractivity contribution is 6.31. The Kier molecular flexibility index (Phi) is 5.66. The highest BCUT2D eigenvalue weighted by Gasteiger charge is 2.15. The number of pyridine rings is 1. The molecule has 0 saturated carbocycles. The number of ether oxygens (including phenoxy) is 1. The molecule has 1 amide bonds. The molecule has 1 aromatic rings. The first-order valence-electron chi connectivity index (χ1n) is 6.14. The van der Waals surface area contributed by atoms with Crippen molar-refractivity contribution in [3.05, 3.63) is 22.8 Å². The van der Waals surface area contributed by atoms with E-state index in [2.05, 4.69) is 22.1 Å². The maximum absolute atomic E-state index is 11.4. The SMILES string of the molecule is CC(C)(C)OC(=O)NCCC#Cc1cnc(N)cc1Cl. The number of hydrogen-bond acceptors (Lipinski definition) is 4. The number of alkyl carbamates (subject to hydrolysis) is 1. The Hall–Kier alpha value is -1.93. The van der Waals surface area contributed by atoms with Crippen LogP contribution in [0.25, 0.3) is 0 Å². The number of carbonyl (C=O) groups excluding carboxylic acids is 1. The first kappa shape index (κ1) is 16.1. The van der Waals surface area contributed by atoms with Gasteiger partial charge in [0.25, 0.3) is 0 Å². The van der Waals surface area contributed by atoms with E-state index in [0.717, 1.165) is 0 Å². The summed E-state index contributed by atoms with van der Waals surface area (Å²) in [6.07, 6.45) is 1.55. The molecule has 0 aliphatic heterocycles. The fourth-order valence-corrected chi connectivity index (χ4v) is 1.44. The van der Waals surface area contributed by atoms with Gasteiger partial charge in [0.15, 0.2) is 0 Å². The molecule has 0 fully saturated rings. The van der Waals surface area contributed by atoms with Crippen molar-refractivity contribution in [2.24, 2.45) is 0 Å². The Balaban J connectivity index is 2.38. The third-order valence-corrected chi connectivity index (χ3v) is 2.33. The Morgan fingerprint density at radius 2 is 2.25 bits per heavy atom. The van der Waals surface area contributed by atoms with Crippen LogP contribution in [0.1, 0.15) is 32.8 Å². The predicted molar refractivity (Wildman–Crippen MR) is 79.4 cm³/mol. The lowest BCUT2D eigenvalue weighted by molar-refractivity contribution is 0.0529. The lowest BCUT2D eigenvalue weighted by Gasteiger charge is -2.19. The van der Waals surface area contributed by atoms with Gasteiger partial charge in [-0.1, -0.05) is 23.4 Å². The zero-order valence-electron chi connectivity index (χ0n) is 11.8. The molecule has 0 bridgehead atoms. The number of anilines is 1. The summed E-state index contributed by atoms with van der Waals surface area (Å²) in [6, 6.07) is 1.55. The molecule has 0 aliphatic rings. The number of hydrogen-bond donors (Lipinski definition) is 2. The second-order valence-electron chi connectivity index (χ2n) is 5.07. The summed E-state index contributed by atoms with van der Waals surface area (Å²) in [5.74, 6) is 6.12. The van der Waals surface area contributed by atoms with Crippen LogP contribution >= 0.6 is 11.6 Å². The van der Waals surface area contributed by atoms with E-state index < -0.39 is 11.7 Å². The highest BCUT2D eigenvalue weighted by atomic mass is 35.5. The standard InChI is InChI=1S/C14H18ClN3O2/c1-14(2,3)20-13(19)17-7-5-4-6-10-9-18-12(16)8-11(10)15/h8-9H,5,7H2,1-3H3,(H2,16,18)(H,17,19). The van der Waals surface area contributed by atoms with Gasteiger partial charge < -0.3 is 15.8 Å². The lowest BCUT2D eigenvalue weighted by Crippen LogP contribution is -2.32. The molecule has 108 valence electrons. The van der Waals surface area contributed by atoms with Crippen LogP contribution in [0.4, 0.5) is 10.6 Å². The Morgan fingerprint density at radius 3 is 2.85 bits per heavy atom. The summed E-state index contributed by atoms with van der Waals surface area (Å²) >= 11 is 5.95. The number of nitrogen functional groups attached to an aromatic ring is 1. The molecule has 6 heteroatoms. The summed E-state index contributed by atoms with van der Waals surface area (Å²) in [4.78, 5) is 15.3. The molecule has 5 nitrogen and oxygen atoms in total. The number of amides is 1. The van der Waals surface area contributed by atoms with Crippen LogP contribution in [0.5, 0.6) is 0 Å². The van der Waals surface area contributed by atoms with E-state index >= 15 is 0 Å². The molecule has 20 heavy (non-hydrogen) atoms.